The van der Waals surface area contributed by atoms with Crippen molar-refractivity contribution >= 4 is 16.9 Å². The summed E-state index contributed by atoms with van der Waals surface area (Å²) in [7, 11) is 0. The molecule has 0 bridgehead atoms. The number of nitrogens with zero attached hydrogens (tertiary/aromatic N) is 3. The van der Waals surface area contributed by atoms with Crippen LogP contribution in [0.25, 0.3) is 11.0 Å². The molecule has 0 aliphatic carbocycles. The molecule has 2 unspecified atom stereocenters. The number of carbonyl (C=O) groups excluding carboxylic acids is 1. The molecule has 0 radical (unpaired) electrons. The zero-order valence-corrected chi connectivity index (χ0v) is 12.9. The number of ether oxygens (including phenoxy) is 1. The van der Waals surface area contributed by atoms with Crippen LogP contribution >= 0.6 is 0 Å². The van der Waals surface area contributed by atoms with Gasteiger partial charge in [0.05, 0.1) is 6.04 Å². The molecule has 7 nitrogen and oxygen atoms in total. The second-order valence-corrected chi connectivity index (χ2v) is 6.46. The van der Waals surface area contributed by atoms with E-state index in [-0.39, 0.29) is 5.91 Å². The smallest absolute Gasteiger partial charge is 0.246 e. The number of aliphatic hydroxyl groups excluding tert-OH is 1. The number of hydrogen-bond donors (Lipinski definition) is 1. The van der Waals surface area contributed by atoms with Crippen molar-refractivity contribution in [2.45, 2.75) is 38.0 Å². The Hall–Kier alpha value is -2.41. The number of benzene rings is 1. The highest BCUT2D eigenvalue weighted by atomic mass is 16.6. The first-order valence-corrected chi connectivity index (χ1v) is 7.58. The summed E-state index contributed by atoms with van der Waals surface area (Å²) >= 11 is 0. The van der Waals surface area contributed by atoms with Crippen LogP contribution in [0, 0.1) is 0 Å². The molecule has 1 N–H and O–H groups in total. The molecule has 3 heterocycles. The van der Waals surface area contributed by atoms with E-state index in [0.29, 0.717) is 23.3 Å². The number of hydrogen-bond acceptors (Lipinski definition) is 6. The Morgan fingerprint density at radius 1 is 1.30 bits per heavy atom. The molecule has 1 aromatic carbocycles. The van der Waals surface area contributed by atoms with Crippen LogP contribution in [0.15, 0.2) is 28.9 Å². The molecule has 7 heteroatoms. The number of aliphatic hydroxyl groups is 1. The van der Waals surface area contributed by atoms with Gasteiger partial charge in [0.15, 0.2) is 0 Å². The summed E-state index contributed by atoms with van der Waals surface area (Å²) in [5.41, 5.74) is 1.05. The molecule has 0 spiro atoms. The maximum absolute atomic E-state index is 12.3. The van der Waals surface area contributed by atoms with E-state index in [4.69, 9.17) is 9.37 Å². The molecular formula is C16H17N3O4. The number of fused-ring (bicyclic) bond motifs is 2. The largest absolute Gasteiger partial charge is 0.485 e. The summed E-state index contributed by atoms with van der Waals surface area (Å²) < 4.78 is 10.7. The van der Waals surface area contributed by atoms with Crippen molar-refractivity contribution in [3.63, 3.8) is 0 Å². The maximum Gasteiger partial charge on any atom is 0.246 e. The highest BCUT2D eigenvalue weighted by Crippen LogP contribution is 2.44. The normalized spacial score (nSPS) is 26.2. The van der Waals surface area contributed by atoms with Crippen molar-refractivity contribution in [2.24, 2.45) is 0 Å². The van der Waals surface area contributed by atoms with Crippen LogP contribution in [0.1, 0.15) is 31.9 Å². The highest BCUT2D eigenvalue weighted by molar-refractivity contribution is 5.89. The summed E-state index contributed by atoms with van der Waals surface area (Å²) in [6, 6.07) is 3.02. The Kier molecular flexibility index (Phi) is 2.96. The van der Waals surface area contributed by atoms with Crippen LogP contribution in [0.4, 0.5) is 0 Å². The lowest BCUT2D eigenvalue weighted by Crippen LogP contribution is -2.55. The van der Waals surface area contributed by atoms with Crippen molar-refractivity contribution in [3.05, 3.63) is 29.8 Å². The molecule has 120 valence electrons. The Balaban J connectivity index is 1.89. The minimum absolute atomic E-state index is 0.109. The van der Waals surface area contributed by atoms with E-state index in [1.54, 1.807) is 23.1 Å². The van der Waals surface area contributed by atoms with Crippen LogP contribution < -0.4 is 4.74 Å². The van der Waals surface area contributed by atoms with Crippen molar-refractivity contribution in [1.29, 1.82) is 0 Å². The lowest BCUT2D eigenvalue weighted by Gasteiger charge is -2.46. The van der Waals surface area contributed by atoms with Crippen molar-refractivity contribution < 1.29 is 19.3 Å². The van der Waals surface area contributed by atoms with Gasteiger partial charge in [-0.05, 0) is 42.7 Å². The number of amides is 1. The van der Waals surface area contributed by atoms with Crippen LogP contribution in [0.2, 0.25) is 0 Å². The number of carbonyl (C=O) groups is 1. The molecule has 2 aliphatic rings. The van der Waals surface area contributed by atoms with E-state index in [1.807, 2.05) is 19.9 Å². The number of aromatic nitrogens is 2. The molecule has 0 fully saturated rings. The summed E-state index contributed by atoms with van der Waals surface area (Å²) in [4.78, 5) is 14.0. The molecule has 0 saturated heterocycles. The van der Waals surface area contributed by atoms with Crippen LogP contribution in [0.5, 0.6) is 5.75 Å². The van der Waals surface area contributed by atoms with Gasteiger partial charge in [0.1, 0.15) is 28.5 Å². The van der Waals surface area contributed by atoms with E-state index >= 15 is 0 Å². The maximum atomic E-state index is 12.3. The minimum Gasteiger partial charge on any atom is -0.485 e. The van der Waals surface area contributed by atoms with Gasteiger partial charge in [-0.15, -0.1) is 0 Å². The predicted octanol–water partition coefficient (Wildman–Crippen LogP) is 1.58. The Labute approximate surface area is 132 Å². The molecule has 23 heavy (non-hydrogen) atoms. The summed E-state index contributed by atoms with van der Waals surface area (Å²) in [6.45, 7) is 4.17. The predicted molar refractivity (Wildman–Crippen MR) is 80.7 cm³/mol. The van der Waals surface area contributed by atoms with E-state index in [1.165, 1.54) is 0 Å². The monoisotopic (exact) mass is 315 g/mol. The molecule has 4 rings (SSSR count). The first-order chi connectivity index (χ1) is 11.0. The van der Waals surface area contributed by atoms with Gasteiger partial charge in [0.2, 0.25) is 5.91 Å². The van der Waals surface area contributed by atoms with Crippen LogP contribution in [-0.2, 0) is 4.79 Å². The second kappa shape index (κ2) is 4.79. The topological polar surface area (TPSA) is 88.7 Å². The van der Waals surface area contributed by atoms with Gasteiger partial charge in [-0.3, -0.25) is 4.79 Å². The van der Waals surface area contributed by atoms with E-state index in [0.717, 1.165) is 12.0 Å². The zero-order chi connectivity index (χ0) is 16.2. The van der Waals surface area contributed by atoms with Crippen LogP contribution in [0.3, 0.4) is 0 Å². The highest BCUT2D eigenvalue weighted by Gasteiger charge is 2.46. The van der Waals surface area contributed by atoms with Crippen molar-refractivity contribution in [1.82, 2.24) is 15.2 Å². The summed E-state index contributed by atoms with van der Waals surface area (Å²) in [5, 5.41) is 18.5. The van der Waals surface area contributed by atoms with Gasteiger partial charge in [0.25, 0.3) is 0 Å². The molecule has 1 amide bonds. The van der Waals surface area contributed by atoms with Gasteiger partial charge in [-0.1, -0.05) is 6.08 Å². The Bertz CT molecular complexity index is 811. The summed E-state index contributed by atoms with van der Waals surface area (Å²) in [6.07, 6.45) is 3.30. The van der Waals surface area contributed by atoms with Gasteiger partial charge in [-0.25, -0.2) is 4.63 Å². The second-order valence-electron chi connectivity index (χ2n) is 6.46. The average Bonchev–Trinajstić information content (AvgIpc) is 2.95. The molecule has 2 aliphatic heterocycles. The SMILES string of the molecule is CC1(C)Oc2cc3nonc3cc2C(N2CCC=CC2=O)C1O. The summed E-state index contributed by atoms with van der Waals surface area (Å²) in [5.74, 6) is 0.484. The molecule has 0 saturated carbocycles. The molecule has 1 aromatic heterocycles. The van der Waals surface area contributed by atoms with Gasteiger partial charge in [0, 0.05) is 18.2 Å². The van der Waals surface area contributed by atoms with Crippen LogP contribution in [-0.4, -0.2) is 44.5 Å². The lowest BCUT2D eigenvalue weighted by molar-refractivity contribution is -0.140. The van der Waals surface area contributed by atoms with E-state index < -0.39 is 17.7 Å². The third-order valence-corrected chi connectivity index (χ3v) is 4.50. The third-order valence-electron chi connectivity index (χ3n) is 4.50. The number of rotatable bonds is 1. The van der Waals surface area contributed by atoms with Gasteiger partial charge >= 0.3 is 0 Å². The fourth-order valence-corrected chi connectivity index (χ4v) is 3.26. The minimum atomic E-state index is -0.859. The molecular weight excluding hydrogens is 298 g/mol. The first-order valence-electron chi connectivity index (χ1n) is 7.58. The lowest BCUT2D eigenvalue weighted by atomic mass is 9.85. The third kappa shape index (κ3) is 2.11. The van der Waals surface area contributed by atoms with Crippen molar-refractivity contribution in [3.8, 4) is 5.75 Å². The molecule has 2 aromatic rings. The fourth-order valence-electron chi connectivity index (χ4n) is 3.26. The quantitative estimate of drug-likeness (QED) is 0.859. The average molecular weight is 315 g/mol. The fraction of sp³-hybridized carbons (Fsp3) is 0.438. The Morgan fingerprint density at radius 3 is 2.78 bits per heavy atom. The standard InChI is InChI=1S/C16H17N3O4/c1-16(2)15(21)14(19-6-4-3-5-13(19)20)9-7-10-11(18-23-17-10)8-12(9)22-16/h3,5,7-8,14-15,21H,4,6H2,1-2H3. The van der Waals surface area contributed by atoms with Crippen molar-refractivity contribution in [2.75, 3.05) is 6.54 Å². The van der Waals surface area contributed by atoms with E-state index in [9.17, 15) is 9.90 Å². The zero-order valence-electron chi connectivity index (χ0n) is 12.9. The van der Waals surface area contributed by atoms with Gasteiger partial charge in [-0.2, -0.15) is 0 Å². The van der Waals surface area contributed by atoms with E-state index in [2.05, 4.69) is 10.3 Å². The first kappa shape index (κ1) is 14.2. The van der Waals surface area contributed by atoms with Gasteiger partial charge < -0.3 is 14.7 Å². The molecule has 2 atom stereocenters. The Morgan fingerprint density at radius 2 is 2.04 bits per heavy atom.